The standard InChI is InChI=1S/C11H25NO2S/c1-11(2)4-3-6-13-8-9-14-7-5-12-10-15/h11-12,15H,3-10H2,1-2H3. The van der Waals surface area contributed by atoms with Crippen LogP contribution in [0.3, 0.4) is 0 Å². The molecular weight excluding hydrogens is 210 g/mol. The summed E-state index contributed by atoms with van der Waals surface area (Å²) < 4.78 is 10.8. The first-order chi connectivity index (χ1) is 7.27. The Kier molecular flexibility index (Phi) is 12.5. The zero-order chi connectivity index (χ0) is 11.4. The lowest BCUT2D eigenvalue weighted by atomic mass is 10.1. The SMILES string of the molecule is CC(C)CCCOCCOCCNCS. The Labute approximate surface area is 99.3 Å². The molecule has 0 aromatic carbocycles. The van der Waals surface area contributed by atoms with Gasteiger partial charge in [0.2, 0.25) is 0 Å². The van der Waals surface area contributed by atoms with Gasteiger partial charge in [0.05, 0.1) is 19.8 Å². The van der Waals surface area contributed by atoms with Gasteiger partial charge in [-0.05, 0) is 18.8 Å². The monoisotopic (exact) mass is 235 g/mol. The lowest BCUT2D eigenvalue weighted by Crippen LogP contribution is -2.19. The normalized spacial score (nSPS) is 11.2. The summed E-state index contributed by atoms with van der Waals surface area (Å²) >= 11 is 4.03. The van der Waals surface area contributed by atoms with Gasteiger partial charge in [-0.15, -0.1) is 0 Å². The summed E-state index contributed by atoms with van der Waals surface area (Å²) in [5, 5.41) is 3.07. The van der Waals surface area contributed by atoms with Crippen LogP contribution in [0.15, 0.2) is 0 Å². The van der Waals surface area contributed by atoms with Crippen LogP contribution >= 0.6 is 12.6 Å². The van der Waals surface area contributed by atoms with Gasteiger partial charge in [-0.25, -0.2) is 0 Å². The van der Waals surface area contributed by atoms with E-state index in [-0.39, 0.29) is 0 Å². The third-order valence-electron chi connectivity index (χ3n) is 1.98. The van der Waals surface area contributed by atoms with Gasteiger partial charge >= 0.3 is 0 Å². The summed E-state index contributed by atoms with van der Waals surface area (Å²) in [5.41, 5.74) is 0. The minimum Gasteiger partial charge on any atom is -0.379 e. The number of hydrogen-bond donors (Lipinski definition) is 2. The van der Waals surface area contributed by atoms with Crippen LogP contribution in [0.1, 0.15) is 26.7 Å². The molecule has 0 atom stereocenters. The Hall–Kier alpha value is 0.230. The molecule has 3 nitrogen and oxygen atoms in total. The first-order valence-electron chi connectivity index (χ1n) is 5.74. The van der Waals surface area contributed by atoms with Crippen molar-refractivity contribution in [3.63, 3.8) is 0 Å². The van der Waals surface area contributed by atoms with Crippen molar-refractivity contribution in [1.82, 2.24) is 5.32 Å². The van der Waals surface area contributed by atoms with Gasteiger partial charge in [0.15, 0.2) is 0 Å². The van der Waals surface area contributed by atoms with Crippen LogP contribution in [0, 0.1) is 5.92 Å². The molecule has 0 unspecified atom stereocenters. The van der Waals surface area contributed by atoms with Crippen molar-refractivity contribution in [2.24, 2.45) is 5.92 Å². The Balaban J connectivity index is 2.87. The summed E-state index contributed by atoms with van der Waals surface area (Å²) in [4.78, 5) is 0. The molecule has 92 valence electrons. The van der Waals surface area contributed by atoms with Gasteiger partial charge in [-0.2, -0.15) is 12.6 Å². The summed E-state index contributed by atoms with van der Waals surface area (Å²) in [6.45, 7) is 8.31. The maximum absolute atomic E-state index is 5.43. The highest BCUT2D eigenvalue weighted by Crippen LogP contribution is 2.02. The number of ether oxygens (including phenoxy) is 2. The molecular formula is C11H25NO2S. The van der Waals surface area contributed by atoms with Crippen molar-refractivity contribution in [3.8, 4) is 0 Å². The molecule has 1 N–H and O–H groups in total. The first-order valence-corrected chi connectivity index (χ1v) is 6.37. The predicted octanol–water partition coefficient (Wildman–Crippen LogP) is 1.93. The molecule has 0 rings (SSSR count). The van der Waals surface area contributed by atoms with E-state index in [9.17, 15) is 0 Å². The van der Waals surface area contributed by atoms with E-state index in [0.717, 1.165) is 32.1 Å². The molecule has 0 aliphatic carbocycles. The van der Waals surface area contributed by atoms with Gasteiger partial charge in [-0.3, -0.25) is 0 Å². The molecule has 0 aliphatic rings. The second-order valence-electron chi connectivity index (χ2n) is 3.92. The fourth-order valence-corrected chi connectivity index (χ4v) is 1.30. The van der Waals surface area contributed by atoms with Gasteiger partial charge in [0.25, 0.3) is 0 Å². The number of rotatable bonds is 11. The van der Waals surface area contributed by atoms with Gasteiger partial charge < -0.3 is 14.8 Å². The molecule has 0 radical (unpaired) electrons. The summed E-state index contributed by atoms with van der Waals surface area (Å²) in [6, 6.07) is 0. The third-order valence-corrected chi connectivity index (χ3v) is 2.20. The fraction of sp³-hybridized carbons (Fsp3) is 1.00. The molecule has 0 heterocycles. The van der Waals surface area contributed by atoms with E-state index in [1.54, 1.807) is 0 Å². The quantitative estimate of drug-likeness (QED) is 0.326. The van der Waals surface area contributed by atoms with Crippen LogP contribution in [0.25, 0.3) is 0 Å². The van der Waals surface area contributed by atoms with Crippen molar-refractivity contribution in [1.29, 1.82) is 0 Å². The van der Waals surface area contributed by atoms with Crippen LogP contribution in [-0.2, 0) is 9.47 Å². The average molecular weight is 235 g/mol. The molecule has 15 heavy (non-hydrogen) atoms. The van der Waals surface area contributed by atoms with Crippen molar-refractivity contribution in [2.75, 3.05) is 38.8 Å². The highest BCUT2D eigenvalue weighted by molar-refractivity contribution is 7.80. The molecule has 0 aromatic heterocycles. The summed E-state index contributed by atoms with van der Waals surface area (Å²) in [5.74, 6) is 1.48. The molecule has 0 bridgehead atoms. The first kappa shape index (κ1) is 15.2. The van der Waals surface area contributed by atoms with Crippen LogP contribution in [0.5, 0.6) is 0 Å². The Morgan fingerprint density at radius 2 is 1.73 bits per heavy atom. The Morgan fingerprint density at radius 1 is 1.07 bits per heavy atom. The predicted molar refractivity (Wildman–Crippen MR) is 67.6 cm³/mol. The third kappa shape index (κ3) is 14.2. The lowest BCUT2D eigenvalue weighted by molar-refractivity contribution is 0.0470. The molecule has 0 saturated carbocycles. The van der Waals surface area contributed by atoms with E-state index in [0.29, 0.717) is 19.1 Å². The Morgan fingerprint density at radius 3 is 2.33 bits per heavy atom. The minimum atomic E-state index is 0.690. The average Bonchev–Trinajstić information content (AvgIpc) is 2.20. The molecule has 0 fully saturated rings. The largest absolute Gasteiger partial charge is 0.379 e. The molecule has 0 spiro atoms. The minimum absolute atomic E-state index is 0.690. The summed E-state index contributed by atoms with van der Waals surface area (Å²) in [7, 11) is 0. The van der Waals surface area contributed by atoms with E-state index in [1.165, 1.54) is 6.42 Å². The summed E-state index contributed by atoms with van der Waals surface area (Å²) in [6.07, 6.45) is 2.39. The fourth-order valence-electron chi connectivity index (χ4n) is 1.14. The van der Waals surface area contributed by atoms with Crippen molar-refractivity contribution >= 4 is 12.6 Å². The molecule has 0 aliphatic heterocycles. The second-order valence-corrected chi connectivity index (χ2v) is 4.24. The molecule has 0 saturated heterocycles. The highest BCUT2D eigenvalue weighted by atomic mass is 32.1. The van der Waals surface area contributed by atoms with Crippen LogP contribution in [0.2, 0.25) is 0 Å². The van der Waals surface area contributed by atoms with E-state index in [2.05, 4.69) is 31.8 Å². The lowest BCUT2D eigenvalue weighted by Gasteiger charge is -2.07. The molecule has 4 heteroatoms. The number of nitrogens with one attached hydrogen (secondary N) is 1. The van der Waals surface area contributed by atoms with E-state index < -0.39 is 0 Å². The zero-order valence-corrected chi connectivity index (χ0v) is 10.9. The number of hydrogen-bond acceptors (Lipinski definition) is 4. The van der Waals surface area contributed by atoms with Gasteiger partial charge in [0, 0.05) is 19.0 Å². The maximum atomic E-state index is 5.43. The molecule has 0 aromatic rings. The van der Waals surface area contributed by atoms with Crippen LogP contribution in [0.4, 0.5) is 0 Å². The maximum Gasteiger partial charge on any atom is 0.0701 e. The second kappa shape index (κ2) is 12.3. The smallest absolute Gasteiger partial charge is 0.0701 e. The molecule has 0 amide bonds. The van der Waals surface area contributed by atoms with Gasteiger partial charge in [-0.1, -0.05) is 13.8 Å². The zero-order valence-electron chi connectivity index (χ0n) is 10.00. The van der Waals surface area contributed by atoms with E-state index >= 15 is 0 Å². The van der Waals surface area contributed by atoms with Crippen LogP contribution < -0.4 is 5.32 Å². The van der Waals surface area contributed by atoms with E-state index in [1.807, 2.05) is 0 Å². The topological polar surface area (TPSA) is 30.5 Å². The highest BCUT2D eigenvalue weighted by Gasteiger charge is 1.94. The van der Waals surface area contributed by atoms with Gasteiger partial charge in [0.1, 0.15) is 0 Å². The number of thiol groups is 1. The Bertz CT molecular complexity index is 123. The van der Waals surface area contributed by atoms with Crippen molar-refractivity contribution in [2.45, 2.75) is 26.7 Å². The van der Waals surface area contributed by atoms with Crippen molar-refractivity contribution < 1.29 is 9.47 Å². The van der Waals surface area contributed by atoms with E-state index in [4.69, 9.17) is 9.47 Å². The van der Waals surface area contributed by atoms with Crippen LogP contribution in [-0.4, -0.2) is 38.8 Å². The van der Waals surface area contributed by atoms with Crippen molar-refractivity contribution in [3.05, 3.63) is 0 Å².